The van der Waals surface area contributed by atoms with E-state index in [4.69, 9.17) is 4.74 Å². The monoisotopic (exact) mass is 529 g/mol. The maximum absolute atomic E-state index is 13.2. The summed E-state index contributed by atoms with van der Waals surface area (Å²) in [5, 5.41) is 12.9. The van der Waals surface area contributed by atoms with E-state index in [2.05, 4.69) is 6.92 Å². The molecule has 2 heterocycles. The van der Waals surface area contributed by atoms with Crippen molar-refractivity contribution < 1.29 is 32.6 Å². The van der Waals surface area contributed by atoms with E-state index in [1.807, 2.05) is 0 Å². The number of benzene rings is 2. The van der Waals surface area contributed by atoms with Crippen LogP contribution >= 0.6 is 11.3 Å². The van der Waals surface area contributed by atoms with Crippen molar-refractivity contribution in [2.45, 2.75) is 44.9 Å². The van der Waals surface area contributed by atoms with Gasteiger partial charge in [-0.05, 0) is 59.8 Å². The first-order chi connectivity index (χ1) is 17.7. The number of carbonyl (C=O) groups is 2. The van der Waals surface area contributed by atoms with Crippen LogP contribution in [0, 0.1) is 0 Å². The van der Waals surface area contributed by atoms with Gasteiger partial charge in [0.2, 0.25) is 0 Å². The molecule has 0 bridgehead atoms. The van der Waals surface area contributed by atoms with Gasteiger partial charge in [0.05, 0.1) is 23.8 Å². The molecule has 1 aliphatic heterocycles. The lowest BCUT2D eigenvalue weighted by molar-refractivity contribution is -0.140. The van der Waals surface area contributed by atoms with E-state index in [1.165, 1.54) is 28.4 Å². The number of rotatable bonds is 9. The molecule has 0 saturated carbocycles. The van der Waals surface area contributed by atoms with Crippen molar-refractivity contribution >= 4 is 28.8 Å². The zero-order valence-electron chi connectivity index (χ0n) is 20.1. The molecule has 1 fully saturated rings. The minimum absolute atomic E-state index is 0.101. The summed E-state index contributed by atoms with van der Waals surface area (Å²) in [6.45, 7) is 2.45. The molecule has 9 heteroatoms. The third-order valence-electron chi connectivity index (χ3n) is 6.10. The van der Waals surface area contributed by atoms with Crippen LogP contribution in [-0.4, -0.2) is 28.3 Å². The van der Waals surface area contributed by atoms with Gasteiger partial charge >= 0.3 is 6.18 Å². The second kappa shape index (κ2) is 11.2. The van der Waals surface area contributed by atoms with Crippen LogP contribution < -0.4 is 4.74 Å². The number of likely N-dealkylation sites (tertiary alicyclic amines) is 1. The number of carbonyl (C=O) groups excluding carboxylic acids is 2. The smallest absolute Gasteiger partial charge is 0.416 e. The summed E-state index contributed by atoms with van der Waals surface area (Å²) < 4.78 is 45.4. The quantitative estimate of drug-likeness (QED) is 0.141. The lowest BCUT2D eigenvalue weighted by atomic mass is 9.99. The van der Waals surface area contributed by atoms with Crippen LogP contribution in [-0.2, 0) is 22.3 Å². The van der Waals surface area contributed by atoms with E-state index < -0.39 is 29.5 Å². The highest BCUT2D eigenvalue weighted by Crippen LogP contribution is 2.42. The average Bonchev–Trinajstić information content (AvgIpc) is 3.49. The van der Waals surface area contributed by atoms with Crippen LogP contribution in [0.4, 0.5) is 13.2 Å². The topological polar surface area (TPSA) is 66.8 Å². The van der Waals surface area contributed by atoms with E-state index in [9.17, 15) is 27.9 Å². The molecule has 1 amide bonds. The number of nitrogens with zero attached hydrogens (tertiary/aromatic N) is 1. The van der Waals surface area contributed by atoms with Crippen molar-refractivity contribution in [3.8, 4) is 5.75 Å². The molecule has 1 aliphatic rings. The Bertz CT molecular complexity index is 1280. The molecule has 1 atom stereocenters. The Hall–Kier alpha value is -3.59. The number of unbranched alkanes of at least 4 members (excludes halogenated alkanes) is 2. The number of thiophene rings is 1. The van der Waals surface area contributed by atoms with Crippen molar-refractivity contribution in [3.63, 3.8) is 0 Å². The minimum Gasteiger partial charge on any atom is -0.507 e. The molecule has 37 heavy (non-hydrogen) atoms. The Balaban J connectivity index is 1.67. The van der Waals surface area contributed by atoms with E-state index in [0.717, 1.165) is 31.4 Å². The normalized spacial score (nSPS) is 17.4. The summed E-state index contributed by atoms with van der Waals surface area (Å²) in [7, 11) is 0. The molecular weight excluding hydrogens is 503 g/mol. The van der Waals surface area contributed by atoms with Gasteiger partial charge in [0.1, 0.15) is 11.5 Å². The highest BCUT2D eigenvalue weighted by atomic mass is 32.1. The highest BCUT2D eigenvalue weighted by molar-refractivity contribution is 7.10. The first kappa shape index (κ1) is 26.5. The number of ketones is 1. The van der Waals surface area contributed by atoms with Crippen molar-refractivity contribution in [1.29, 1.82) is 0 Å². The molecule has 5 nitrogen and oxygen atoms in total. The van der Waals surface area contributed by atoms with Gasteiger partial charge in [-0.3, -0.25) is 9.59 Å². The fourth-order valence-electron chi connectivity index (χ4n) is 4.24. The number of Topliss-reactive ketones (excluding diaryl/α,β-unsaturated/α-hetero) is 1. The third-order valence-corrected chi connectivity index (χ3v) is 7.03. The predicted molar refractivity (Wildman–Crippen MR) is 135 cm³/mol. The second-order valence-electron chi connectivity index (χ2n) is 8.72. The van der Waals surface area contributed by atoms with Gasteiger partial charge in [-0.15, -0.1) is 11.3 Å². The lowest BCUT2D eigenvalue weighted by Crippen LogP contribution is -2.29. The number of alkyl halides is 3. The molecule has 3 aromatic rings. The highest BCUT2D eigenvalue weighted by Gasteiger charge is 2.46. The first-order valence-electron chi connectivity index (χ1n) is 11.9. The molecule has 0 aliphatic carbocycles. The van der Waals surface area contributed by atoms with Gasteiger partial charge in [0.15, 0.2) is 0 Å². The van der Waals surface area contributed by atoms with Crippen molar-refractivity contribution in [2.24, 2.45) is 0 Å². The molecule has 0 radical (unpaired) electrons. The summed E-state index contributed by atoms with van der Waals surface area (Å²) in [6, 6.07) is 13.8. The standard InChI is InChI=1S/C28H26F3NO4S/c1-2-3-4-14-36-21-12-10-19(11-13-21)25(33)23-24(22-9-6-15-37-22)32(27(35)26(23)34)17-18-7-5-8-20(16-18)28(29,30)31/h5-13,15-16,24,33H,2-4,14,17H2,1H3/b25-23-. The van der Waals surface area contributed by atoms with Crippen LogP contribution in [0.15, 0.2) is 71.6 Å². The molecule has 2 aromatic carbocycles. The zero-order valence-corrected chi connectivity index (χ0v) is 20.9. The van der Waals surface area contributed by atoms with Crippen LogP contribution in [0.25, 0.3) is 5.76 Å². The minimum atomic E-state index is -4.54. The van der Waals surface area contributed by atoms with E-state index in [0.29, 0.717) is 22.8 Å². The number of aliphatic hydroxyl groups excluding tert-OH is 1. The van der Waals surface area contributed by atoms with E-state index in [1.54, 1.807) is 41.8 Å². The van der Waals surface area contributed by atoms with Crippen molar-refractivity contribution in [3.05, 3.63) is 93.2 Å². The summed E-state index contributed by atoms with van der Waals surface area (Å²) >= 11 is 1.29. The fraction of sp³-hybridized carbons (Fsp3) is 0.286. The number of hydrogen-bond acceptors (Lipinski definition) is 5. The molecule has 1 N–H and O–H groups in total. The summed E-state index contributed by atoms with van der Waals surface area (Å²) in [5.41, 5.74) is -0.385. The Labute approximate surface area is 216 Å². The molecule has 194 valence electrons. The van der Waals surface area contributed by atoms with Gasteiger partial charge in [-0.2, -0.15) is 13.2 Å². The van der Waals surface area contributed by atoms with Crippen LogP contribution in [0.1, 0.15) is 53.8 Å². The maximum Gasteiger partial charge on any atom is 0.416 e. The number of hydrogen-bond donors (Lipinski definition) is 1. The molecule has 1 unspecified atom stereocenters. The SMILES string of the molecule is CCCCCOc1ccc(/C(O)=C2/C(=O)C(=O)N(Cc3cccc(C(F)(F)F)c3)C2c2cccs2)cc1. The Morgan fingerprint density at radius 1 is 1.05 bits per heavy atom. The lowest BCUT2D eigenvalue weighted by Gasteiger charge is -2.24. The number of ether oxygens (including phenoxy) is 1. The predicted octanol–water partition coefficient (Wildman–Crippen LogP) is 6.96. The third kappa shape index (κ3) is 5.88. The number of aliphatic hydroxyl groups is 1. The second-order valence-corrected chi connectivity index (χ2v) is 9.70. The van der Waals surface area contributed by atoms with Crippen LogP contribution in [0.5, 0.6) is 5.75 Å². The first-order valence-corrected chi connectivity index (χ1v) is 12.8. The number of amides is 1. The largest absolute Gasteiger partial charge is 0.507 e. The van der Waals surface area contributed by atoms with Crippen molar-refractivity contribution in [2.75, 3.05) is 6.61 Å². The van der Waals surface area contributed by atoms with Gasteiger partial charge in [-0.25, -0.2) is 0 Å². The van der Waals surface area contributed by atoms with Crippen molar-refractivity contribution in [1.82, 2.24) is 4.90 Å². The molecule has 0 spiro atoms. The fourth-order valence-corrected chi connectivity index (χ4v) is 5.08. The van der Waals surface area contributed by atoms with Crippen LogP contribution in [0.2, 0.25) is 0 Å². The van der Waals surface area contributed by atoms with Crippen LogP contribution in [0.3, 0.4) is 0 Å². The Kier molecular flexibility index (Phi) is 8.02. The summed E-state index contributed by atoms with van der Waals surface area (Å²) in [5.74, 6) is -1.50. The average molecular weight is 530 g/mol. The zero-order chi connectivity index (χ0) is 26.6. The van der Waals surface area contributed by atoms with Gasteiger partial charge < -0.3 is 14.7 Å². The number of halogens is 3. The van der Waals surface area contributed by atoms with E-state index >= 15 is 0 Å². The van der Waals surface area contributed by atoms with Gasteiger partial charge in [0.25, 0.3) is 11.7 Å². The Morgan fingerprint density at radius 2 is 1.81 bits per heavy atom. The van der Waals surface area contributed by atoms with Gasteiger partial charge in [0, 0.05) is 17.0 Å². The maximum atomic E-state index is 13.2. The molecule has 1 saturated heterocycles. The Morgan fingerprint density at radius 3 is 2.46 bits per heavy atom. The molecule has 4 rings (SSSR count). The van der Waals surface area contributed by atoms with E-state index in [-0.39, 0.29) is 23.4 Å². The molecule has 1 aromatic heterocycles. The summed E-state index contributed by atoms with van der Waals surface area (Å²) in [4.78, 5) is 28.0. The van der Waals surface area contributed by atoms with Gasteiger partial charge in [-0.1, -0.05) is 38.0 Å². The molecular formula is C28H26F3NO4S. The summed E-state index contributed by atoms with van der Waals surface area (Å²) in [6.07, 6.45) is -1.48.